The molecule has 0 aliphatic heterocycles. The van der Waals surface area contributed by atoms with E-state index in [9.17, 15) is 9.90 Å². The van der Waals surface area contributed by atoms with Crippen molar-refractivity contribution in [2.24, 2.45) is 0 Å². The number of anilines is 1. The Morgan fingerprint density at radius 3 is 2.73 bits per heavy atom. The van der Waals surface area contributed by atoms with Gasteiger partial charge in [-0.05, 0) is 23.8 Å². The van der Waals surface area contributed by atoms with Gasteiger partial charge in [0.05, 0.1) is 28.3 Å². The van der Waals surface area contributed by atoms with E-state index < -0.39 is 0 Å². The van der Waals surface area contributed by atoms with Gasteiger partial charge in [0.1, 0.15) is 11.3 Å². The third-order valence-corrected chi connectivity index (χ3v) is 3.77. The summed E-state index contributed by atoms with van der Waals surface area (Å²) in [5.41, 5.74) is 6.11. The molecular formula is C14H10Cl2N4O2. The number of benzene rings is 1. The molecule has 8 heteroatoms. The molecule has 3 N–H and O–H groups in total. The molecule has 0 saturated carbocycles. The maximum Gasteiger partial charge on any atom is 0.263 e. The lowest BCUT2D eigenvalue weighted by atomic mass is 10.2. The Balaban J connectivity index is 2.17. The van der Waals surface area contributed by atoms with Gasteiger partial charge < -0.3 is 10.8 Å². The zero-order valence-electron chi connectivity index (χ0n) is 11.1. The first-order valence-electron chi connectivity index (χ1n) is 6.24. The van der Waals surface area contributed by atoms with Crippen LogP contribution in [0.15, 0.2) is 35.5 Å². The molecule has 0 fully saturated rings. The quantitative estimate of drug-likeness (QED) is 0.749. The molecule has 0 bridgehead atoms. The first-order chi connectivity index (χ1) is 10.5. The number of nitrogens with two attached hydrogens (primary N) is 1. The van der Waals surface area contributed by atoms with Gasteiger partial charge in [0.25, 0.3) is 5.56 Å². The molecule has 22 heavy (non-hydrogen) atoms. The van der Waals surface area contributed by atoms with Gasteiger partial charge in [-0.1, -0.05) is 23.2 Å². The monoisotopic (exact) mass is 336 g/mol. The molecule has 0 saturated heterocycles. The van der Waals surface area contributed by atoms with Gasteiger partial charge in [-0.2, -0.15) is 0 Å². The van der Waals surface area contributed by atoms with Crippen LogP contribution in [0.4, 0.5) is 5.82 Å². The molecule has 3 rings (SSSR count). The topological polar surface area (TPSA) is 94.0 Å². The second-order valence-corrected chi connectivity index (χ2v) is 5.49. The lowest BCUT2D eigenvalue weighted by Crippen LogP contribution is -2.21. The number of phenolic OH excluding ortho intramolecular Hbond substituents is 1. The van der Waals surface area contributed by atoms with Crippen molar-refractivity contribution in [1.29, 1.82) is 0 Å². The minimum atomic E-state index is -0.377. The molecule has 0 unspecified atom stereocenters. The van der Waals surface area contributed by atoms with E-state index >= 15 is 0 Å². The Labute approximate surface area is 134 Å². The van der Waals surface area contributed by atoms with E-state index in [2.05, 4.69) is 9.97 Å². The highest BCUT2D eigenvalue weighted by Gasteiger charge is 2.15. The molecule has 3 aromatic rings. The number of phenols is 1. The molecule has 0 aliphatic carbocycles. The third kappa shape index (κ3) is 2.47. The fourth-order valence-corrected chi connectivity index (χ4v) is 2.68. The van der Waals surface area contributed by atoms with Crippen molar-refractivity contribution in [3.05, 3.63) is 56.7 Å². The van der Waals surface area contributed by atoms with Crippen molar-refractivity contribution in [1.82, 2.24) is 14.5 Å². The summed E-state index contributed by atoms with van der Waals surface area (Å²) in [7, 11) is 0. The number of rotatable bonds is 2. The smallest absolute Gasteiger partial charge is 0.263 e. The number of nitrogen functional groups attached to an aromatic ring is 1. The Bertz CT molecular complexity index is 940. The molecular weight excluding hydrogens is 327 g/mol. The number of pyridine rings is 1. The van der Waals surface area contributed by atoms with E-state index in [1.54, 1.807) is 18.3 Å². The average molecular weight is 337 g/mol. The molecule has 0 spiro atoms. The van der Waals surface area contributed by atoms with Crippen molar-refractivity contribution >= 4 is 39.9 Å². The summed E-state index contributed by atoms with van der Waals surface area (Å²) >= 11 is 11.9. The molecule has 0 amide bonds. The maximum atomic E-state index is 12.5. The second kappa shape index (κ2) is 5.47. The van der Waals surface area contributed by atoms with Gasteiger partial charge in [-0.15, -0.1) is 0 Å². The summed E-state index contributed by atoms with van der Waals surface area (Å²) in [4.78, 5) is 20.5. The van der Waals surface area contributed by atoms with E-state index in [0.29, 0.717) is 5.82 Å². The first kappa shape index (κ1) is 14.6. The van der Waals surface area contributed by atoms with Crippen LogP contribution >= 0.6 is 23.2 Å². The Kier molecular flexibility index (Phi) is 3.64. The lowest BCUT2D eigenvalue weighted by Gasteiger charge is -2.09. The second-order valence-electron chi connectivity index (χ2n) is 4.68. The highest BCUT2D eigenvalue weighted by Crippen LogP contribution is 2.34. The average Bonchev–Trinajstić information content (AvgIpc) is 2.47. The number of aromatic nitrogens is 3. The van der Waals surface area contributed by atoms with Gasteiger partial charge in [-0.3, -0.25) is 9.36 Å². The van der Waals surface area contributed by atoms with Crippen LogP contribution in [-0.4, -0.2) is 19.6 Å². The van der Waals surface area contributed by atoms with Crippen molar-refractivity contribution in [3.8, 4) is 5.75 Å². The first-order valence-corrected chi connectivity index (χ1v) is 6.99. The van der Waals surface area contributed by atoms with Crippen LogP contribution < -0.4 is 11.3 Å². The van der Waals surface area contributed by atoms with Crippen LogP contribution in [-0.2, 0) is 6.54 Å². The number of hydrogen-bond donors (Lipinski definition) is 2. The summed E-state index contributed by atoms with van der Waals surface area (Å²) < 4.78 is 1.37. The van der Waals surface area contributed by atoms with E-state index in [1.807, 2.05) is 0 Å². The Morgan fingerprint density at radius 1 is 1.23 bits per heavy atom. The molecule has 2 heterocycles. The van der Waals surface area contributed by atoms with E-state index in [-0.39, 0.29) is 38.8 Å². The fourth-order valence-electron chi connectivity index (χ4n) is 2.15. The van der Waals surface area contributed by atoms with E-state index in [0.717, 1.165) is 5.56 Å². The SMILES string of the molecule is Nc1cc(Cn2cnc3c(O)c(Cl)cc(Cl)c3c2=O)ccn1. The van der Waals surface area contributed by atoms with Crippen molar-refractivity contribution in [3.63, 3.8) is 0 Å². The summed E-state index contributed by atoms with van der Waals surface area (Å²) in [6.45, 7) is 0.258. The third-order valence-electron chi connectivity index (χ3n) is 3.18. The van der Waals surface area contributed by atoms with Crippen LogP contribution in [0.2, 0.25) is 10.0 Å². The molecule has 112 valence electrons. The van der Waals surface area contributed by atoms with Crippen molar-refractivity contribution < 1.29 is 5.11 Å². The maximum absolute atomic E-state index is 12.5. The number of aromatic hydroxyl groups is 1. The molecule has 2 aromatic heterocycles. The Hall–Kier alpha value is -2.31. The molecule has 6 nitrogen and oxygen atoms in total. The largest absolute Gasteiger partial charge is 0.504 e. The Morgan fingerprint density at radius 2 is 2.00 bits per heavy atom. The van der Waals surface area contributed by atoms with Crippen LogP contribution in [0.25, 0.3) is 10.9 Å². The summed E-state index contributed by atoms with van der Waals surface area (Å²) in [6.07, 6.45) is 2.89. The normalized spacial score (nSPS) is 11.0. The fraction of sp³-hybridized carbons (Fsp3) is 0.0714. The zero-order valence-corrected chi connectivity index (χ0v) is 12.6. The number of hydrogen-bond acceptors (Lipinski definition) is 5. The standard InChI is InChI=1S/C14H10Cl2N4O2/c15-8-4-9(16)13(21)12-11(8)14(22)20(6-19-12)5-7-1-2-18-10(17)3-7/h1-4,6,21H,5H2,(H2,17,18). The van der Waals surface area contributed by atoms with Crippen LogP contribution in [0.5, 0.6) is 5.75 Å². The van der Waals surface area contributed by atoms with Gasteiger partial charge in [0, 0.05) is 6.20 Å². The summed E-state index contributed by atoms with van der Waals surface area (Å²) in [6, 6.07) is 4.73. The van der Waals surface area contributed by atoms with E-state index in [4.69, 9.17) is 28.9 Å². The van der Waals surface area contributed by atoms with Crippen LogP contribution in [0.1, 0.15) is 5.56 Å². The highest BCUT2D eigenvalue weighted by molar-refractivity contribution is 6.39. The molecule has 0 atom stereocenters. The number of halogens is 2. The van der Waals surface area contributed by atoms with Gasteiger partial charge in [0.2, 0.25) is 0 Å². The van der Waals surface area contributed by atoms with Crippen molar-refractivity contribution in [2.45, 2.75) is 6.54 Å². The van der Waals surface area contributed by atoms with Gasteiger partial charge in [0.15, 0.2) is 5.75 Å². The lowest BCUT2D eigenvalue weighted by molar-refractivity contribution is 0.480. The van der Waals surface area contributed by atoms with Gasteiger partial charge in [-0.25, -0.2) is 9.97 Å². The number of fused-ring (bicyclic) bond motifs is 1. The molecule has 0 radical (unpaired) electrons. The summed E-state index contributed by atoms with van der Waals surface area (Å²) in [5.74, 6) is 0.0974. The molecule has 1 aromatic carbocycles. The summed E-state index contributed by atoms with van der Waals surface area (Å²) in [5, 5.41) is 10.2. The van der Waals surface area contributed by atoms with Crippen LogP contribution in [0, 0.1) is 0 Å². The van der Waals surface area contributed by atoms with Crippen LogP contribution in [0.3, 0.4) is 0 Å². The zero-order chi connectivity index (χ0) is 15.9. The molecule has 0 aliphatic rings. The highest BCUT2D eigenvalue weighted by atomic mass is 35.5. The van der Waals surface area contributed by atoms with Gasteiger partial charge >= 0.3 is 0 Å². The minimum Gasteiger partial charge on any atom is -0.504 e. The van der Waals surface area contributed by atoms with Crippen molar-refractivity contribution in [2.75, 3.05) is 5.73 Å². The number of nitrogens with zero attached hydrogens (tertiary/aromatic N) is 3. The predicted octanol–water partition coefficient (Wildman–Crippen LogP) is 2.43. The predicted molar refractivity (Wildman–Crippen MR) is 85.4 cm³/mol. The minimum absolute atomic E-state index is 0.0454. The van der Waals surface area contributed by atoms with E-state index in [1.165, 1.54) is 17.0 Å².